The third-order valence-corrected chi connectivity index (χ3v) is 3.72. The molecule has 2 aromatic carbocycles. The van der Waals surface area contributed by atoms with Gasteiger partial charge >= 0.3 is 0 Å². The van der Waals surface area contributed by atoms with Gasteiger partial charge in [-0.1, -0.05) is 32.0 Å². The number of para-hydroxylation sites is 1. The summed E-state index contributed by atoms with van der Waals surface area (Å²) in [5, 5.41) is 0. The maximum Gasteiger partial charge on any atom is 0.127 e. The first-order chi connectivity index (χ1) is 9.59. The summed E-state index contributed by atoms with van der Waals surface area (Å²) in [6, 6.07) is 17.4. The predicted molar refractivity (Wildman–Crippen MR) is 86.1 cm³/mol. The van der Waals surface area contributed by atoms with E-state index in [9.17, 15) is 0 Å². The lowest BCUT2D eigenvalue weighted by molar-refractivity contribution is 0.202. The topological polar surface area (TPSA) is 18.5 Å². The lowest BCUT2D eigenvalue weighted by Gasteiger charge is -2.22. The van der Waals surface area contributed by atoms with Crippen molar-refractivity contribution < 1.29 is 9.47 Å². The maximum atomic E-state index is 5.76. The number of ether oxygens (including phenoxy) is 2. The van der Waals surface area contributed by atoms with E-state index >= 15 is 0 Å². The molecular weight excluding hydrogens is 268 g/mol. The molecule has 0 fully saturated rings. The van der Waals surface area contributed by atoms with E-state index < -0.39 is 0 Å². The zero-order valence-electron chi connectivity index (χ0n) is 11.9. The third-order valence-electron chi connectivity index (χ3n) is 2.86. The van der Waals surface area contributed by atoms with Crippen LogP contribution in [0.1, 0.15) is 13.8 Å². The van der Waals surface area contributed by atoms with Gasteiger partial charge in [0.1, 0.15) is 17.2 Å². The minimum absolute atomic E-state index is 0.0717. The second kappa shape index (κ2) is 6.71. The predicted octanol–water partition coefficient (Wildman–Crippen LogP) is 4.81. The normalized spacial score (nSPS) is 11.2. The molecule has 0 heterocycles. The van der Waals surface area contributed by atoms with Gasteiger partial charge in [-0.05, 0) is 42.2 Å². The average molecular weight is 288 g/mol. The van der Waals surface area contributed by atoms with Crippen molar-refractivity contribution in [3.63, 3.8) is 0 Å². The second-order valence-electron chi connectivity index (χ2n) is 5.50. The van der Waals surface area contributed by atoms with Gasteiger partial charge in [0, 0.05) is 5.41 Å². The SMILES string of the molecule is CC(C)(CS)COc1ccc(Oc2ccccc2)cc1. The first kappa shape index (κ1) is 14.8. The fourth-order valence-corrected chi connectivity index (χ4v) is 1.64. The van der Waals surface area contributed by atoms with Gasteiger partial charge in [-0.15, -0.1) is 0 Å². The highest BCUT2D eigenvalue weighted by Crippen LogP contribution is 2.25. The smallest absolute Gasteiger partial charge is 0.127 e. The summed E-state index contributed by atoms with van der Waals surface area (Å²) in [4.78, 5) is 0. The Kier molecular flexibility index (Phi) is 4.96. The summed E-state index contributed by atoms with van der Waals surface area (Å²) in [6.45, 7) is 4.91. The van der Waals surface area contributed by atoms with Crippen LogP contribution in [0.15, 0.2) is 54.6 Å². The first-order valence-corrected chi connectivity index (χ1v) is 7.29. The van der Waals surface area contributed by atoms with Crippen molar-refractivity contribution in [2.45, 2.75) is 13.8 Å². The number of hydrogen-bond acceptors (Lipinski definition) is 3. The summed E-state index contributed by atoms with van der Waals surface area (Å²) in [7, 11) is 0. The molecule has 0 bridgehead atoms. The van der Waals surface area contributed by atoms with E-state index in [0.29, 0.717) is 6.61 Å². The largest absolute Gasteiger partial charge is 0.493 e. The maximum absolute atomic E-state index is 5.76. The van der Waals surface area contributed by atoms with Crippen LogP contribution in [-0.4, -0.2) is 12.4 Å². The van der Waals surface area contributed by atoms with Crippen molar-refractivity contribution in [3.05, 3.63) is 54.6 Å². The van der Waals surface area contributed by atoms with Gasteiger partial charge in [0.2, 0.25) is 0 Å². The zero-order chi connectivity index (χ0) is 14.4. The molecule has 106 valence electrons. The summed E-state index contributed by atoms with van der Waals surface area (Å²) in [5.41, 5.74) is 0.0717. The molecule has 0 aliphatic heterocycles. The van der Waals surface area contributed by atoms with Gasteiger partial charge in [-0.3, -0.25) is 0 Å². The quantitative estimate of drug-likeness (QED) is 0.769. The van der Waals surface area contributed by atoms with Crippen LogP contribution in [0.4, 0.5) is 0 Å². The van der Waals surface area contributed by atoms with Crippen LogP contribution in [-0.2, 0) is 0 Å². The lowest BCUT2D eigenvalue weighted by Crippen LogP contribution is -2.23. The molecule has 0 aliphatic carbocycles. The Bertz CT molecular complexity index is 520. The third kappa shape index (κ3) is 4.49. The van der Waals surface area contributed by atoms with Gasteiger partial charge in [-0.25, -0.2) is 0 Å². The van der Waals surface area contributed by atoms with Crippen LogP contribution in [0.2, 0.25) is 0 Å². The molecular formula is C17H20O2S. The Hall–Kier alpha value is -1.61. The first-order valence-electron chi connectivity index (χ1n) is 6.66. The Balaban J connectivity index is 1.93. The van der Waals surface area contributed by atoms with E-state index in [0.717, 1.165) is 23.0 Å². The molecule has 20 heavy (non-hydrogen) atoms. The van der Waals surface area contributed by atoms with Gasteiger partial charge in [0.05, 0.1) is 6.61 Å². The van der Waals surface area contributed by atoms with Crippen LogP contribution < -0.4 is 9.47 Å². The van der Waals surface area contributed by atoms with E-state index in [-0.39, 0.29) is 5.41 Å². The molecule has 0 atom stereocenters. The molecule has 0 radical (unpaired) electrons. The van der Waals surface area contributed by atoms with E-state index in [1.807, 2.05) is 54.6 Å². The second-order valence-corrected chi connectivity index (χ2v) is 5.81. The van der Waals surface area contributed by atoms with Gasteiger partial charge in [-0.2, -0.15) is 12.6 Å². The van der Waals surface area contributed by atoms with Crippen molar-refractivity contribution in [2.75, 3.05) is 12.4 Å². The molecule has 3 heteroatoms. The lowest BCUT2D eigenvalue weighted by atomic mass is 9.98. The number of thiol groups is 1. The van der Waals surface area contributed by atoms with Crippen LogP contribution in [0.25, 0.3) is 0 Å². The standard InChI is InChI=1S/C17H20O2S/c1-17(2,13-20)12-18-14-8-10-16(11-9-14)19-15-6-4-3-5-7-15/h3-11,20H,12-13H2,1-2H3. The Morgan fingerprint density at radius 3 is 2.00 bits per heavy atom. The molecule has 0 saturated heterocycles. The van der Waals surface area contributed by atoms with Crippen LogP contribution in [0.3, 0.4) is 0 Å². The molecule has 2 aromatic rings. The summed E-state index contributed by atoms with van der Waals surface area (Å²) in [6.07, 6.45) is 0. The molecule has 0 amide bonds. The molecule has 0 spiro atoms. The van der Waals surface area contributed by atoms with Crippen molar-refractivity contribution in [3.8, 4) is 17.2 Å². The Morgan fingerprint density at radius 2 is 1.40 bits per heavy atom. The summed E-state index contributed by atoms with van der Waals surface area (Å²) in [5.74, 6) is 3.28. The van der Waals surface area contributed by atoms with E-state index in [2.05, 4.69) is 26.5 Å². The van der Waals surface area contributed by atoms with Gasteiger partial charge in [0.15, 0.2) is 0 Å². The fourth-order valence-electron chi connectivity index (χ4n) is 1.55. The van der Waals surface area contributed by atoms with Gasteiger partial charge in [0.25, 0.3) is 0 Å². The van der Waals surface area contributed by atoms with Crippen molar-refractivity contribution in [1.29, 1.82) is 0 Å². The molecule has 0 saturated carbocycles. The van der Waals surface area contributed by atoms with Crippen LogP contribution >= 0.6 is 12.6 Å². The van der Waals surface area contributed by atoms with E-state index in [1.165, 1.54) is 0 Å². The summed E-state index contributed by atoms with van der Waals surface area (Å²) < 4.78 is 11.5. The highest BCUT2D eigenvalue weighted by atomic mass is 32.1. The highest BCUT2D eigenvalue weighted by molar-refractivity contribution is 7.80. The molecule has 0 unspecified atom stereocenters. The Morgan fingerprint density at radius 1 is 0.850 bits per heavy atom. The fraction of sp³-hybridized carbons (Fsp3) is 0.294. The molecule has 0 N–H and O–H groups in total. The monoisotopic (exact) mass is 288 g/mol. The Labute approximate surface area is 126 Å². The highest BCUT2D eigenvalue weighted by Gasteiger charge is 2.16. The van der Waals surface area contributed by atoms with E-state index in [4.69, 9.17) is 9.47 Å². The van der Waals surface area contributed by atoms with Crippen LogP contribution in [0.5, 0.6) is 17.2 Å². The number of hydrogen-bond donors (Lipinski definition) is 1. The number of benzene rings is 2. The van der Waals surface area contributed by atoms with Crippen molar-refractivity contribution in [2.24, 2.45) is 5.41 Å². The number of rotatable bonds is 6. The average Bonchev–Trinajstić information content (AvgIpc) is 2.48. The van der Waals surface area contributed by atoms with Gasteiger partial charge < -0.3 is 9.47 Å². The minimum atomic E-state index is 0.0717. The van der Waals surface area contributed by atoms with E-state index in [1.54, 1.807) is 0 Å². The minimum Gasteiger partial charge on any atom is -0.493 e. The van der Waals surface area contributed by atoms with Crippen LogP contribution in [0, 0.1) is 5.41 Å². The summed E-state index contributed by atoms with van der Waals surface area (Å²) >= 11 is 4.32. The zero-order valence-corrected chi connectivity index (χ0v) is 12.8. The van der Waals surface area contributed by atoms with Crippen molar-refractivity contribution in [1.82, 2.24) is 0 Å². The molecule has 0 aliphatic rings. The molecule has 2 rings (SSSR count). The molecule has 0 aromatic heterocycles. The van der Waals surface area contributed by atoms with Crippen molar-refractivity contribution >= 4 is 12.6 Å². The molecule has 2 nitrogen and oxygen atoms in total.